The zero-order chi connectivity index (χ0) is 16.8. The van der Waals surface area contributed by atoms with E-state index in [-0.39, 0.29) is 5.91 Å². The molecule has 0 radical (unpaired) electrons. The first-order valence-corrected chi connectivity index (χ1v) is 7.44. The Kier molecular flexibility index (Phi) is 5.37. The fourth-order valence-electron chi connectivity index (χ4n) is 2.30. The summed E-state index contributed by atoms with van der Waals surface area (Å²) in [5, 5.41) is 12.2. The topological polar surface area (TPSA) is 62.1 Å². The van der Waals surface area contributed by atoms with E-state index in [1.54, 1.807) is 7.11 Å². The highest BCUT2D eigenvalue weighted by Crippen LogP contribution is 2.20. The molecule has 0 aliphatic carbocycles. The summed E-state index contributed by atoms with van der Waals surface area (Å²) in [7, 11) is 1.60. The number of carbonyl (C=O) groups is 1. The van der Waals surface area contributed by atoms with Crippen molar-refractivity contribution in [1.29, 1.82) is 5.26 Å². The maximum Gasteiger partial charge on any atom is 0.242 e. The van der Waals surface area contributed by atoms with Crippen LogP contribution in [0.1, 0.15) is 16.7 Å². The van der Waals surface area contributed by atoms with Crippen LogP contribution in [0.3, 0.4) is 0 Å². The summed E-state index contributed by atoms with van der Waals surface area (Å²) in [6.07, 6.45) is 0.372. The lowest BCUT2D eigenvalue weighted by atomic mass is 9.99. The van der Waals surface area contributed by atoms with Crippen LogP contribution in [0.2, 0.25) is 0 Å². The summed E-state index contributed by atoms with van der Waals surface area (Å²) in [4.78, 5) is 12.4. The van der Waals surface area contributed by atoms with Crippen LogP contribution in [0, 0.1) is 31.1 Å². The molecule has 2 rings (SSSR count). The summed E-state index contributed by atoms with van der Waals surface area (Å²) in [5.41, 5.74) is 3.80. The van der Waals surface area contributed by atoms with Crippen LogP contribution >= 0.6 is 0 Å². The van der Waals surface area contributed by atoms with Crippen molar-refractivity contribution in [2.24, 2.45) is 5.92 Å². The van der Waals surface area contributed by atoms with Gasteiger partial charge in [0, 0.05) is 5.69 Å². The molecule has 0 aromatic heterocycles. The Morgan fingerprint density at radius 3 is 2.52 bits per heavy atom. The van der Waals surface area contributed by atoms with Crippen LogP contribution in [0.5, 0.6) is 5.75 Å². The summed E-state index contributed by atoms with van der Waals surface area (Å²) in [5.74, 6) is -0.262. The van der Waals surface area contributed by atoms with Crippen molar-refractivity contribution >= 4 is 11.6 Å². The molecule has 0 bridgehead atoms. The number of carbonyl (C=O) groups excluding carboxylic acids is 1. The lowest BCUT2D eigenvalue weighted by Crippen LogP contribution is -2.24. The first-order valence-electron chi connectivity index (χ1n) is 7.44. The number of anilines is 1. The molecule has 118 valence electrons. The second-order valence-electron chi connectivity index (χ2n) is 5.47. The number of hydrogen-bond donors (Lipinski definition) is 1. The number of hydrogen-bond acceptors (Lipinski definition) is 3. The van der Waals surface area contributed by atoms with Crippen LogP contribution in [0.25, 0.3) is 0 Å². The molecule has 2 aromatic carbocycles. The van der Waals surface area contributed by atoms with Gasteiger partial charge in [-0.1, -0.05) is 24.3 Å². The van der Waals surface area contributed by atoms with E-state index >= 15 is 0 Å². The highest BCUT2D eigenvalue weighted by molar-refractivity contribution is 5.95. The third-order valence-corrected chi connectivity index (χ3v) is 3.93. The molecule has 0 saturated carbocycles. The van der Waals surface area contributed by atoms with E-state index in [2.05, 4.69) is 11.4 Å². The van der Waals surface area contributed by atoms with E-state index in [0.29, 0.717) is 6.42 Å². The number of methoxy groups -OCH3 is 1. The van der Waals surface area contributed by atoms with Gasteiger partial charge in [-0.3, -0.25) is 4.79 Å². The average Bonchev–Trinajstić information content (AvgIpc) is 2.57. The quantitative estimate of drug-likeness (QED) is 0.917. The van der Waals surface area contributed by atoms with Crippen molar-refractivity contribution in [1.82, 2.24) is 0 Å². The number of amides is 1. The summed E-state index contributed by atoms with van der Waals surface area (Å²) in [6, 6.07) is 15.2. The van der Waals surface area contributed by atoms with E-state index in [9.17, 15) is 10.1 Å². The van der Waals surface area contributed by atoms with Gasteiger partial charge in [-0.05, 0) is 55.2 Å². The molecule has 0 saturated heterocycles. The molecule has 0 aliphatic rings. The summed E-state index contributed by atoms with van der Waals surface area (Å²) >= 11 is 0. The van der Waals surface area contributed by atoms with Crippen molar-refractivity contribution in [3.8, 4) is 11.8 Å². The van der Waals surface area contributed by atoms with Gasteiger partial charge in [0.15, 0.2) is 0 Å². The molecule has 0 fully saturated rings. The second-order valence-corrected chi connectivity index (χ2v) is 5.47. The molecule has 0 aliphatic heterocycles. The molecule has 4 heteroatoms. The third-order valence-electron chi connectivity index (χ3n) is 3.93. The van der Waals surface area contributed by atoms with Crippen molar-refractivity contribution in [3.63, 3.8) is 0 Å². The SMILES string of the molecule is COc1ccc(C[C@H](C#N)C(=O)Nc2cccc(C)c2C)cc1. The molecule has 1 atom stereocenters. The van der Waals surface area contributed by atoms with Crippen molar-refractivity contribution in [2.45, 2.75) is 20.3 Å². The van der Waals surface area contributed by atoms with Crippen molar-refractivity contribution < 1.29 is 9.53 Å². The van der Waals surface area contributed by atoms with E-state index < -0.39 is 5.92 Å². The van der Waals surface area contributed by atoms with Gasteiger partial charge in [0.25, 0.3) is 0 Å². The number of nitriles is 1. The maximum atomic E-state index is 12.4. The van der Waals surface area contributed by atoms with Gasteiger partial charge in [0.2, 0.25) is 5.91 Å². The van der Waals surface area contributed by atoms with Crippen LogP contribution in [0.15, 0.2) is 42.5 Å². The minimum absolute atomic E-state index is 0.281. The number of aryl methyl sites for hydroxylation is 1. The van der Waals surface area contributed by atoms with E-state index in [4.69, 9.17) is 4.74 Å². The van der Waals surface area contributed by atoms with Gasteiger partial charge in [0.1, 0.15) is 11.7 Å². The van der Waals surface area contributed by atoms with Crippen molar-refractivity contribution in [2.75, 3.05) is 12.4 Å². The summed E-state index contributed by atoms with van der Waals surface area (Å²) in [6.45, 7) is 3.94. The van der Waals surface area contributed by atoms with Gasteiger partial charge >= 0.3 is 0 Å². The Bertz CT molecular complexity index is 730. The molecule has 0 unspecified atom stereocenters. The highest BCUT2D eigenvalue weighted by atomic mass is 16.5. The standard InChI is InChI=1S/C19H20N2O2/c1-13-5-4-6-18(14(13)2)21-19(22)16(12-20)11-15-7-9-17(23-3)10-8-15/h4-10,16H,11H2,1-3H3,(H,21,22)/t16-/m1/s1. The van der Waals surface area contributed by atoms with Gasteiger partial charge in [-0.15, -0.1) is 0 Å². The normalized spacial score (nSPS) is 11.4. The Morgan fingerprint density at radius 1 is 1.22 bits per heavy atom. The average molecular weight is 308 g/mol. The minimum Gasteiger partial charge on any atom is -0.497 e. The Balaban J connectivity index is 2.09. The lowest BCUT2D eigenvalue weighted by Gasteiger charge is -2.13. The van der Waals surface area contributed by atoms with Gasteiger partial charge in [-0.2, -0.15) is 5.26 Å². The molecule has 0 heterocycles. The lowest BCUT2D eigenvalue weighted by molar-refractivity contribution is -0.118. The fraction of sp³-hybridized carbons (Fsp3) is 0.263. The van der Waals surface area contributed by atoms with Gasteiger partial charge in [-0.25, -0.2) is 0 Å². The number of rotatable bonds is 5. The number of nitrogens with one attached hydrogen (secondary N) is 1. The van der Waals surface area contributed by atoms with Gasteiger partial charge in [0.05, 0.1) is 13.2 Å². The van der Waals surface area contributed by atoms with Crippen molar-refractivity contribution in [3.05, 3.63) is 59.2 Å². The third kappa shape index (κ3) is 4.10. The first kappa shape index (κ1) is 16.6. The van der Waals surface area contributed by atoms with Gasteiger partial charge < -0.3 is 10.1 Å². The van der Waals surface area contributed by atoms with Crippen LogP contribution < -0.4 is 10.1 Å². The molecule has 1 N–H and O–H groups in total. The molecular weight excluding hydrogens is 288 g/mol. The second kappa shape index (κ2) is 7.46. The Morgan fingerprint density at radius 2 is 1.91 bits per heavy atom. The molecule has 4 nitrogen and oxygen atoms in total. The number of ether oxygens (including phenoxy) is 1. The van der Waals surface area contributed by atoms with E-state index in [1.807, 2.05) is 56.3 Å². The van der Waals surface area contributed by atoms with Crippen LogP contribution in [0.4, 0.5) is 5.69 Å². The molecule has 0 spiro atoms. The molecule has 2 aromatic rings. The van der Waals surface area contributed by atoms with E-state index in [1.165, 1.54) is 0 Å². The smallest absolute Gasteiger partial charge is 0.242 e. The van der Waals surface area contributed by atoms with Crippen LogP contribution in [-0.2, 0) is 11.2 Å². The van der Waals surface area contributed by atoms with E-state index in [0.717, 1.165) is 28.1 Å². The molecular formula is C19H20N2O2. The fourth-order valence-corrected chi connectivity index (χ4v) is 2.30. The highest BCUT2D eigenvalue weighted by Gasteiger charge is 2.19. The monoisotopic (exact) mass is 308 g/mol. The Hall–Kier alpha value is -2.80. The molecule has 23 heavy (non-hydrogen) atoms. The number of nitrogens with zero attached hydrogens (tertiary/aromatic N) is 1. The Labute approximate surface area is 136 Å². The predicted octanol–water partition coefficient (Wildman–Crippen LogP) is 3.63. The first-order chi connectivity index (χ1) is 11.0. The number of benzene rings is 2. The largest absolute Gasteiger partial charge is 0.497 e. The summed E-state index contributed by atoms with van der Waals surface area (Å²) < 4.78 is 5.11. The maximum absolute atomic E-state index is 12.4. The zero-order valence-corrected chi connectivity index (χ0v) is 13.6. The van der Waals surface area contributed by atoms with Crippen LogP contribution in [-0.4, -0.2) is 13.0 Å². The predicted molar refractivity (Wildman–Crippen MR) is 90.3 cm³/mol. The zero-order valence-electron chi connectivity index (χ0n) is 13.6. The molecule has 1 amide bonds. The minimum atomic E-state index is -0.733.